The van der Waals surface area contributed by atoms with Gasteiger partial charge in [-0.3, -0.25) is 0 Å². The van der Waals surface area contributed by atoms with Gasteiger partial charge in [-0.1, -0.05) is 29.4 Å². The van der Waals surface area contributed by atoms with E-state index in [-0.39, 0.29) is 23.5 Å². The molecule has 2 aromatic carbocycles. The van der Waals surface area contributed by atoms with Crippen molar-refractivity contribution in [2.45, 2.75) is 24.7 Å². The Bertz CT molecular complexity index is 956. The van der Waals surface area contributed by atoms with Gasteiger partial charge in [0.15, 0.2) is 0 Å². The van der Waals surface area contributed by atoms with Crippen LogP contribution in [0.4, 0.5) is 13.2 Å². The molecule has 2 heterocycles. The summed E-state index contributed by atoms with van der Waals surface area (Å²) in [6, 6.07) is 12.3. The maximum atomic E-state index is 12.9. The number of nitrogens with zero attached hydrogens (tertiary/aromatic N) is 2. The second kappa shape index (κ2) is 7.25. The molecule has 1 fully saturated rings. The van der Waals surface area contributed by atoms with Crippen molar-refractivity contribution < 1.29 is 22.4 Å². The van der Waals surface area contributed by atoms with Crippen LogP contribution in [0.2, 0.25) is 0 Å². The van der Waals surface area contributed by atoms with Gasteiger partial charge in [-0.25, -0.2) is 10.9 Å². The minimum atomic E-state index is -4.43. The quantitative estimate of drug-likeness (QED) is 0.701. The van der Waals surface area contributed by atoms with E-state index in [0.717, 1.165) is 23.4 Å². The predicted molar refractivity (Wildman–Crippen MR) is 94.1 cm³/mol. The van der Waals surface area contributed by atoms with E-state index in [4.69, 9.17) is 9.26 Å². The average Bonchev–Trinajstić information content (AvgIpc) is 3.37. The Hall–Kier alpha value is -2.91. The van der Waals surface area contributed by atoms with E-state index in [9.17, 15) is 13.2 Å². The van der Waals surface area contributed by atoms with Crippen LogP contribution in [0.25, 0.3) is 11.4 Å². The molecule has 6 nitrogen and oxygen atoms in total. The van der Waals surface area contributed by atoms with Gasteiger partial charge in [-0.2, -0.15) is 18.2 Å². The first-order valence-electron chi connectivity index (χ1n) is 8.60. The summed E-state index contributed by atoms with van der Waals surface area (Å²) in [6.07, 6.45) is -3.78. The van der Waals surface area contributed by atoms with E-state index >= 15 is 0 Å². The highest BCUT2D eigenvalue weighted by atomic mass is 19.4. The summed E-state index contributed by atoms with van der Waals surface area (Å²) in [5, 5.41) is 3.84. The third kappa shape index (κ3) is 3.71. The highest BCUT2D eigenvalue weighted by Crippen LogP contribution is 2.33. The number of halogens is 3. The fraction of sp³-hybridized carbons (Fsp3) is 0.263. The molecule has 0 aliphatic carbocycles. The van der Waals surface area contributed by atoms with E-state index < -0.39 is 11.7 Å². The van der Waals surface area contributed by atoms with Gasteiger partial charge in [0.2, 0.25) is 11.7 Å². The number of hydrogen-bond acceptors (Lipinski definition) is 6. The van der Waals surface area contributed by atoms with Gasteiger partial charge in [0, 0.05) is 11.6 Å². The number of aromatic nitrogens is 2. The third-order valence-electron chi connectivity index (χ3n) is 4.61. The van der Waals surface area contributed by atoms with Crippen LogP contribution < -0.4 is 15.6 Å². The monoisotopic (exact) mass is 390 g/mol. The highest BCUT2D eigenvalue weighted by molar-refractivity contribution is 5.55. The number of hydrazine groups is 1. The summed E-state index contributed by atoms with van der Waals surface area (Å²) in [6.45, 7) is 0. The molecule has 1 aliphatic rings. The largest absolute Gasteiger partial charge is 0.497 e. The van der Waals surface area contributed by atoms with Crippen molar-refractivity contribution in [2.24, 2.45) is 0 Å². The average molecular weight is 390 g/mol. The zero-order valence-electron chi connectivity index (χ0n) is 14.8. The lowest BCUT2D eigenvalue weighted by atomic mass is 10.0. The molecule has 3 aromatic rings. The van der Waals surface area contributed by atoms with Gasteiger partial charge in [-0.15, -0.1) is 0 Å². The van der Waals surface area contributed by atoms with E-state index in [0.29, 0.717) is 12.3 Å². The van der Waals surface area contributed by atoms with Crippen LogP contribution in [0.15, 0.2) is 53.1 Å². The number of hydrogen-bond donors (Lipinski definition) is 2. The van der Waals surface area contributed by atoms with Gasteiger partial charge in [0.05, 0.1) is 12.7 Å². The lowest BCUT2D eigenvalue weighted by molar-refractivity contribution is -0.137. The third-order valence-corrected chi connectivity index (χ3v) is 4.61. The standard InChI is InChI=1S/C19H17F3N4O2/c1-27-14-7-5-11(6-8-14)15-10-16(25-24-15)18-23-17(26-28-18)12-3-2-4-13(9-12)19(20,21)22/h2-9,15-16,24-25H,10H2,1H3. The Morgan fingerprint density at radius 2 is 1.82 bits per heavy atom. The molecule has 1 aromatic heterocycles. The summed E-state index contributed by atoms with van der Waals surface area (Å²) in [5.41, 5.74) is 6.83. The van der Waals surface area contributed by atoms with Gasteiger partial charge in [0.1, 0.15) is 11.8 Å². The van der Waals surface area contributed by atoms with Crippen LogP contribution in [-0.2, 0) is 6.18 Å². The van der Waals surface area contributed by atoms with Gasteiger partial charge in [0.25, 0.3) is 0 Å². The zero-order valence-corrected chi connectivity index (χ0v) is 14.8. The first kappa shape index (κ1) is 18.5. The molecule has 0 radical (unpaired) electrons. The van der Waals surface area contributed by atoms with Crippen molar-refractivity contribution in [2.75, 3.05) is 7.11 Å². The van der Waals surface area contributed by atoms with Crippen molar-refractivity contribution in [1.29, 1.82) is 0 Å². The fourth-order valence-electron chi connectivity index (χ4n) is 3.10. The number of ether oxygens (including phenoxy) is 1. The smallest absolute Gasteiger partial charge is 0.416 e. The molecule has 1 saturated heterocycles. The molecule has 146 valence electrons. The second-order valence-electron chi connectivity index (χ2n) is 6.44. The van der Waals surface area contributed by atoms with Gasteiger partial charge < -0.3 is 9.26 Å². The Morgan fingerprint density at radius 3 is 2.54 bits per heavy atom. The minimum absolute atomic E-state index is 0.0276. The molecule has 0 saturated carbocycles. The van der Waals surface area contributed by atoms with Crippen molar-refractivity contribution in [3.05, 3.63) is 65.5 Å². The Morgan fingerprint density at radius 1 is 1.07 bits per heavy atom. The molecule has 1 aliphatic heterocycles. The molecule has 2 atom stereocenters. The lowest BCUT2D eigenvalue weighted by Gasteiger charge is -2.09. The summed E-state index contributed by atoms with van der Waals surface area (Å²) in [5.74, 6) is 1.21. The van der Waals surface area contributed by atoms with Crippen LogP contribution in [0.1, 0.15) is 35.5 Å². The fourth-order valence-corrected chi connectivity index (χ4v) is 3.10. The van der Waals surface area contributed by atoms with Crippen molar-refractivity contribution in [1.82, 2.24) is 21.0 Å². The summed E-state index contributed by atoms with van der Waals surface area (Å²) in [7, 11) is 1.61. The summed E-state index contributed by atoms with van der Waals surface area (Å²) in [4.78, 5) is 4.27. The Labute approximate surface area is 158 Å². The van der Waals surface area contributed by atoms with E-state index in [1.165, 1.54) is 12.1 Å². The molecule has 28 heavy (non-hydrogen) atoms. The number of benzene rings is 2. The van der Waals surface area contributed by atoms with Crippen molar-refractivity contribution in [3.63, 3.8) is 0 Å². The lowest BCUT2D eigenvalue weighted by Crippen LogP contribution is -2.26. The van der Waals surface area contributed by atoms with Crippen LogP contribution >= 0.6 is 0 Å². The van der Waals surface area contributed by atoms with Crippen molar-refractivity contribution in [3.8, 4) is 17.1 Å². The van der Waals surface area contributed by atoms with Crippen LogP contribution in [0, 0.1) is 0 Å². The SMILES string of the molecule is COc1ccc(C2CC(c3nc(-c4cccc(C(F)(F)F)c4)no3)NN2)cc1. The van der Waals surface area contributed by atoms with Gasteiger partial charge in [-0.05, 0) is 36.2 Å². The van der Waals surface area contributed by atoms with Crippen LogP contribution in [0.5, 0.6) is 5.75 Å². The topological polar surface area (TPSA) is 72.2 Å². The first-order valence-corrected chi connectivity index (χ1v) is 8.60. The Kier molecular flexibility index (Phi) is 4.78. The summed E-state index contributed by atoms with van der Waals surface area (Å²) >= 11 is 0. The molecular formula is C19H17F3N4O2. The highest BCUT2D eigenvalue weighted by Gasteiger charge is 2.32. The number of methoxy groups -OCH3 is 1. The first-order chi connectivity index (χ1) is 13.4. The molecule has 0 bridgehead atoms. The number of alkyl halides is 3. The molecule has 2 N–H and O–H groups in total. The maximum Gasteiger partial charge on any atom is 0.416 e. The van der Waals surface area contributed by atoms with E-state index in [1.807, 2.05) is 24.3 Å². The van der Waals surface area contributed by atoms with Crippen molar-refractivity contribution >= 4 is 0 Å². The molecule has 2 unspecified atom stereocenters. The van der Waals surface area contributed by atoms with E-state index in [1.54, 1.807) is 7.11 Å². The number of rotatable bonds is 4. The normalized spacial score (nSPS) is 19.7. The second-order valence-corrected chi connectivity index (χ2v) is 6.44. The molecular weight excluding hydrogens is 373 g/mol. The van der Waals surface area contributed by atoms with Crippen LogP contribution in [0.3, 0.4) is 0 Å². The Balaban J connectivity index is 1.49. The number of nitrogens with one attached hydrogen (secondary N) is 2. The molecule has 0 amide bonds. The maximum absolute atomic E-state index is 12.9. The van der Waals surface area contributed by atoms with Gasteiger partial charge >= 0.3 is 6.18 Å². The van der Waals surface area contributed by atoms with E-state index in [2.05, 4.69) is 21.0 Å². The molecule has 0 spiro atoms. The predicted octanol–water partition coefficient (Wildman–Crippen LogP) is 4.04. The zero-order chi connectivity index (χ0) is 19.7. The molecule has 9 heteroatoms. The minimum Gasteiger partial charge on any atom is -0.497 e. The summed E-state index contributed by atoms with van der Waals surface area (Å²) < 4.78 is 49.1. The van der Waals surface area contributed by atoms with Crippen LogP contribution in [-0.4, -0.2) is 17.3 Å². The molecule has 4 rings (SSSR count).